The van der Waals surface area contributed by atoms with Crippen molar-refractivity contribution in [3.05, 3.63) is 23.8 Å². The quantitative estimate of drug-likeness (QED) is 0.588. The molecule has 0 unspecified atom stereocenters. The Balaban J connectivity index is 1.49. The molecule has 1 heterocycles. The van der Waals surface area contributed by atoms with Crippen LogP contribution in [0.1, 0.15) is 37.7 Å². The van der Waals surface area contributed by atoms with Gasteiger partial charge in [-0.2, -0.15) is 0 Å². The second-order valence-electron chi connectivity index (χ2n) is 8.75. The predicted octanol–water partition coefficient (Wildman–Crippen LogP) is 2.38. The molecule has 31 heavy (non-hydrogen) atoms. The largest absolute Gasteiger partial charge is 0.370 e. The number of halogens is 2. The summed E-state index contributed by atoms with van der Waals surface area (Å²) < 4.78 is 32.6. The van der Waals surface area contributed by atoms with Gasteiger partial charge in [-0.25, -0.2) is 8.78 Å². The monoisotopic (exact) mass is 436 g/mol. The van der Waals surface area contributed by atoms with Gasteiger partial charge >= 0.3 is 0 Å². The summed E-state index contributed by atoms with van der Waals surface area (Å²) in [6, 6.07) is 3.78. The zero-order valence-electron chi connectivity index (χ0n) is 17.6. The summed E-state index contributed by atoms with van der Waals surface area (Å²) in [5, 5.41) is 2.78. The normalized spacial score (nSPS) is 20.4. The molecule has 1 aromatic rings. The number of anilines is 2. The lowest BCUT2D eigenvalue weighted by molar-refractivity contribution is -0.125. The van der Waals surface area contributed by atoms with Crippen molar-refractivity contribution in [3.63, 3.8) is 0 Å². The van der Waals surface area contributed by atoms with E-state index in [-0.39, 0.29) is 48.4 Å². The van der Waals surface area contributed by atoms with Gasteiger partial charge in [0.2, 0.25) is 5.91 Å². The molecule has 0 bridgehead atoms. The number of nitrogens with zero attached hydrogens (tertiary/aromatic N) is 2. The number of nitrogens with one attached hydrogen (secondary N) is 1. The number of amides is 2. The zero-order valence-corrected chi connectivity index (χ0v) is 17.6. The SMILES string of the molecule is NC[C@H](C(=O)Nc1ccc(N2CCOCC2=O)c(C(F)F)c1)N(CC1CC1)CC1CC1. The van der Waals surface area contributed by atoms with Crippen LogP contribution in [0, 0.1) is 11.8 Å². The number of ether oxygens (including phenoxy) is 1. The van der Waals surface area contributed by atoms with Gasteiger partial charge in [-0.1, -0.05) is 0 Å². The molecule has 170 valence electrons. The van der Waals surface area contributed by atoms with Crippen molar-refractivity contribution >= 4 is 23.2 Å². The number of morpholine rings is 1. The van der Waals surface area contributed by atoms with Crippen molar-refractivity contribution in [3.8, 4) is 0 Å². The molecule has 1 aromatic carbocycles. The Morgan fingerprint density at radius 2 is 1.90 bits per heavy atom. The van der Waals surface area contributed by atoms with Gasteiger partial charge in [-0.15, -0.1) is 0 Å². The van der Waals surface area contributed by atoms with Crippen molar-refractivity contribution < 1.29 is 23.1 Å². The first kappa shape index (κ1) is 22.1. The summed E-state index contributed by atoms with van der Waals surface area (Å²) in [4.78, 5) is 28.6. The maximum atomic E-state index is 13.8. The molecular formula is C22H30F2N4O3. The number of benzene rings is 1. The third kappa shape index (κ3) is 5.58. The van der Waals surface area contributed by atoms with Crippen LogP contribution >= 0.6 is 0 Å². The Morgan fingerprint density at radius 3 is 2.45 bits per heavy atom. The van der Waals surface area contributed by atoms with Crippen molar-refractivity contribution in [1.29, 1.82) is 0 Å². The second-order valence-corrected chi connectivity index (χ2v) is 8.75. The van der Waals surface area contributed by atoms with E-state index in [4.69, 9.17) is 10.5 Å². The zero-order chi connectivity index (χ0) is 22.0. The van der Waals surface area contributed by atoms with Crippen molar-refractivity contribution in [1.82, 2.24) is 4.90 Å². The summed E-state index contributed by atoms with van der Waals surface area (Å²) in [6.07, 6.45) is 1.94. The number of nitrogens with two attached hydrogens (primary N) is 1. The second kappa shape index (κ2) is 9.58. The summed E-state index contributed by atoms with van der Waals surface area (Å²) in [5.41, 5.74) is 6.10. The Hall–Kier alpha value is -2.10. The number of carbonyl (C=O) groups excluding carboxylic acids is 2. The van der Waals surface area contributed by atoms with Crippen LogP contribution in [0.3, 0.4) is 0 Å². The van der Waals surface area contributed by atoms with Crippen LogP contribution in [0.15, 0.2) is 18.2 Å². The highest BCUT2D eigenvalue weighted by atomic mass is 19.3. The summed E-state index contributed by atoms with van der Waals surface area (Å²) in [6.45, 7) is 2.27. The smallest absolute Gasteiger partial charge is 0.265 e. The molecule has 2 aliphatic carbocycles. The lowest BCUT2D eigenvalue weighted by atomic mass is 10.1. The lowest BCUT2D eigenvalue weighted by Crippen LogP contribution is -2.50. The van der Waals surface area contributed by atoms with Gasteiger partial charge in [0.15, 0.2) is 0 Å². The molecule has 1 atom stereocenters. The fraction of sp³-hybridized carbons (Fsp3) is 0.636. The van der Waals surface area contributed by atoms with E-state index >= 15 is 0 Å². The number of rotatable bonds is 10. The molecule has 1 saturated heterocycles. The number of carbonyl (C=O) groups is 2. The molecule has 0 radical (unpaired) electrons. The molecule has 0 spiro atoms. The highest BCUT2D eigenvalue weighted by molar-refractivity contribution is 5.97. The minimum atomic E-state index is -2.78. The first-order chi connectivity index (χ1) is 15.0. The van der Waals surface area contributed by atoms with Crippen molar-refractivity contribution in [2.24, 2.45) is 17.6 Å². The first-order valence-electron chi connectivity index (χ1n) is 11.0. The Morgan fingerprint density at radius 1 is 1.23 bits per heavy atom. The maximum Gasteiger partial charge on any atom is 0.265 e. The van der Waals surface area contributed by atoms with Gasteiger partial charge in [0, 0.05) is 37.4 Å². The molecule has 7 nitrogen and oxygen atoms in total. The van der Waals surface area contributed by atoms with E-state index < -0.39 is 12.5 Å². The average Bonchev–Trinajstić information content (AvgIpc) is 3.66. The predicted molar refractivity (Wildman–Crippen MR) is 113 cm³/mol. The van der Waals surface area contributed by atoms with Gasteiger partial charge in [0.1, 0.15) is 12.6 Å². The number of alkyl halides is 2. The summed E-state index contributed by atoms with van der Waals surface area (Å²) >= 11 is 0. The van der Waals surface area contributed by atoms with E-state index in [1.807, 2.05) is 0 Å². The van der Waals surface area contributed by atoms with Gasteiger partial charge in [-0.3, -0.25) is 14.5 Å². The highest BCUT2D eigenvalue weighted by Gasteiger charge is 2.35. The van der Waals surface area contributed by atoms with Gasteiger partial charge in [0.25, 0.3) is 12.3 Å². The van der Waals surface area contributed by atoms with E-state index in [0.29, 0.717) is 18.4 Å². The summed E-state index contributed by atoms with van der Waals surface area (Å²) in [5.74, 6) is 0.607. The maximum absolute atomic E-state index is 13.8. The van der Waals surface area contributed by atoms with Crippen LogP contribution in [0.4, 0.5) is 20.2 Å². The van der Waals surface area contributed by atoms with E-state index in [0.717, 1.165) is 13.1 Å². The highest BCUT2D eigenvalue weighted by Crippen LogP contribution is 2.35. The fourth-order valence-corrected chi connectivity index (χ4v) is 4.07. The third-order valence-electron chi connectivity index (χ3n) is 6.15. The van der Waals surface area contributed by atoms with E-state index in [2.05, 4.69) is 10.2 Å². The van der Waals surface area contributed by atoms with Crippen LogP contribution in [0.2, 0.25) is 0 Å². The van der Waals surface area contributed by atoms with Gasteiger partial charge in [-0.05, 0) is 55.7 Å². The Kier molecular flexibility index (Phi) is 6.83. The van der Waals surface area contributed by atoms with Crippen LogP contribution in [0.25, 0.3) is 0 Å². The van der Waals surface area contributed by atoms with E-state index in [1.54, 1.807) is 6.07 Å². The Labute approximate surface area is 180 Å². The third-order valence-corrected chi connectivity index (χ3v) is 6.15. The van der Waals surface area contributed by atoms with Gasteiger partial charge in [0.05, 0.1) is 12.3 Å². The Bertz CT molecular complexity index is 800. The molecule has 0 aromatic heterocycles. The topological polar surface area (TPSA) is 87.9 Å². The van der Waals surface area contributed by atoms with E-state index in [1.165, 1.54) is 42.7 Å². The standard InChI is InChI=1S/C22H30F2N4O3/c23-21(24)17-9-16(5-6-18(17)28-7-8-31-13-20(28)29)26-22(30)19(10-25)27(11-14-1-2-14)12-15-3-4-15/h5-6,9,14-15,19,21H,1-4,7-8,10-13,25H2,(H,26,30)/t19-/m1/s1. The average molecular weight is 437 g/mol. The van der Waals surface area contributed by atoms with Crippen LogP contribution in [-0.4, -0.2) is 62.1 Å². The molecule has 4 rings (SSSR count). The first-order valence-corrected chi connectivity index (χ1v) is 11.0. The fourth-order valence-electron chi connectivity index (χ4n) is 4.07. The number of hydrogen-bond acceptors (Lipinski definition) is 5. The minimum absolute atomic E-state index is 0.128. The minimum Gasteiger partial charge on any atom is -0.370 e. The molecular weight excluding hydrogens is 406 g/mol. The molecule has 1 aliphatic heterocycles. The summed E-state index contributed by atoms with van der Waals surface area (Å²) in [7, 11) is 0. The van der Waals surface area contributed by atoms with E-state index in [9.17, 15) is 18.4 Å². The van der Waals surface area contributed by atoms with Crippen LogP contribution < -0.4 is 16.0 Å². The van der Waals surface area contributed by atoms with Crippen LogP contribution in [0.5, 0.6) is 0 Å². The molecule has 3 fully saturated rings. The molecule has 9 heteroatoms. The van der Waals surface area contributed by atoms with Crippen LogP contribution in [-0.2, 0) is 14.3 Å². The molecule has 2 saturated carbocycles. The molecule has 3 N–H and O–H groups in total. The number of hydrogen-bond donors (Lipinski definition) is 2. The molecule has 2 amide bonds. The van der Waals surface area contributed by atoms with Gasteiger partial charge < -0.3 is 20.7 Å². The lowest BCUT2D eigenvalue weighted by Gasteiger charge is -2.31. The van der Waals surface area contributed by atoms with Crippen molar-refractivity contribution in [2.45, 2.75) is 38.2 Å². The molecule has 3 aliphatic rings. The van der Waals surface area contributed by atoms with Crippen molar-refractivity contribution in [2.75, 3.05) is 49.6 Å².